The summed E-state index contributed by atoms with van der Waals surface area (Å²) in [5, 5.41) is 2.48. The van der Waals surface area contributed by atoms with Crippen molar-refractivity contribution in [2.24, 2.45) is 0 Å². The van der Waals surface area contributed by atoms with Gasteiger partial charge in [0.15, 0.2) is 0 Å². The van der Waals surface area contributed by atoms with Crippen LogP contribution < -0.4 is 10.6 Å². The van der Waals surface area contributed by atoms with Crippen molar-refractivity contribution in [3.05, 3.63) is 60.7 Å². The van der Waals surface area contributed by atoms with Crippen LogP contribution in [-0.2, 0) is 0 Å². The van der Waals surface area contributed by atoms with Gasteiger partial charge in [-0.05, 0) is 10.6 Å². The van der Waals surface area contributed by atoms with E-state index in [1.54, 1.807) is 0 Å². The monoisotopic (exact) mass is 364 g/mol. The van der Waals surface area contributed by atoms with Gasteiger partial charge in [0.2, 0.25) is 0 Å². The molecule has 2 atom stereocenters. The van der Waals surface area contributed by atoms with E-state index in [9.17, 15) is 0 Å². The van der Waals surface area contributed by atoms with Crippen LogP contribution in [0.4, 0.5) is 0 Å². The van der Waals surface area contributed by atoms with Gasteiger partial charge in [-0.15, -0.1) is 68.1 Å². The molecule has 18 heavy (non-hydrogen) atoms. The van der Waals surface area contributed by atoms with Gasteiger partial charge in [0.05, 0.1) is 0 Å². The Balaban J connectivity index is -0.0000000891. The van der Waals surface area contributed by atoms with Crippen molar-refractivity contribution in [2.75, 3.05) is 0 Å². The lowest BCUT2D eigenvalue weighted by molar-refractivity contribution is 1.78. The number of hydrogen-bond donors (Lipinski definition) is 0. The fourth-order valence-electron chi connectivity index (χ4n) is 0.906. The molecule has 104 valence electrons. The molecule has 2 aromatic rings. The minimum Gasteiger partial charge on any atom is -0.147 e. The highest BCUT2D eigenvalue weighted by Crippen LogP contribution is 1.86. The Morgan fingerprint density at radius 1 is 0.444 bits per heavy atom. The average Bonchev–Trinajstić information content (AvgIpc) is 2.21. The second kappa shape index (κ2) is 17.5. The SMILES string of the molecule is Cl.Cl.Cl.Cl.Pc1ccccc1.Pc1ccccc1. The Bertz CT molecular complexity index is 319. The lowest BCUT2D eigenvalue weighted by Crippen LogP contribution is -1.82. The minimum absolute atomic E-state index is 0. The molecule has 6 heteroatoms. The van der Waals surface area contributed by atoms with E-state index in [1.165, 1.54) is 10.6 Å². The standard InChI is InChI=1S/2C6H7P.4ClH/c2*7-6-4-2-1-3-5-6;;;;/h2*1-5H,7H2;4*1H. The van der Waals surface area contributed by atoms with Crippen LogP contribution in [0.15, 0.2) is 60.7 Å². The molecular formula is C12H18Cl4P2. The topological polar surface area (TPSA) is 0 Å². The van der Waals surface area contributed by atoms with Gasteiger partial charge in [-0.25, -0.2) is 0 Å². The van der Waals surface area contributed by atoms with Crippen LogP contribution in [0.1, 0.15) is 0 Å². The smallest absolute Gasteiger partial charge is 0.0303 e. The third-order valence-electron chi connectivity index (χ3n) is 1.60. The molecule has 0 nitrogen and oxygen atoms in total. The second-order valence-corrected chi connectivity index (χ2v) is 4.15. The molecule has 2 aromatic carbocycles. The van der Waals surface area contributed by atoms with E-state index in [1.807, 2.05) is 60.7 Å². The van der Waals surface area contributed by atoms with Gasteiger partial charge in [0.1, 0.15) is 0 Å². The van der Waals surface area contributed by atoms with Gasteiger partial charge in [-0.1, -0.05) is 60.7 Å². The van der Waals surface area contributed by atoms with E-state index < -0.39 is 0 Å². The van der Waals surface area contributed by atoms with Crippen molar-refractivity contribution in [1.82, 2.24) is 0 Å². The summed E-state index contributed by atoms with van der Waals surface area (Å²) in [7, 11) is 5.26. The zero-order valence-electron chi connectivity index (χ0n) is 9.56. The van der Waals surface area contributed by atoms with Gasteiger partial charge < -0.3 is 0 Å². The van der Waals surface area contributed by atoms with Crippen LogP contribution in [0.3, 0.4) is 0 Å². The minimum atomic E-state index is 0. The molecule has 0 aliphatic heterocycles. The highest BCUT2D eigenvalue weighted by atomic mass is 35.5. The summed E-state index contributed by atoms with van der Waals surface area (Å²) < 4.78 is 0. The molecule has 0 saturated carbocycles. The molecule has 0 aliphatic carbocycles. The lowest BCUT2D eigenvalue weighted by atomic mass is 10.4. The van der Waals surface area contributed by atoms with Crippen LogP contribution >= 0.6 is 68.1 Å². The molecule has 0 N–H and O–H groups in total. The molecule has 0 radical (unpaired) electrons. The van der Waals surface area contributed by atoms with E-state index in [4.69, 9.17) is 0 Å². The summed E-state index contributed by atoms with van der Waals surface area (Å²) in [4.78, 5) is 0. The normalized spacial score (nSPS) is 6.78. The van der Waals surface area contributed by atoms with Gasteiger partial charge in [-0.2, -0.15) is 0 Å². The van der Waals surface area contributed by atoms with E-state index in [0.29, 0.717) is 0 Å². The first kappa shape index (κ1) is 26.9. The van der Waals surface area contributed by atoms with Crippen molar-refractivity contribution in [2.45, 2.75) is 0 Å². The van der Waals surface area contributed by atoms with Crippen LogP contribution in [0, 0.1) is 0 Å². The van der Waals surface area contributed by atoms with Crippen LogP contribution in [0.2, 0.25) is 0 Å². The average molecular weight is 366 g/mol. The summed E-state index contributed by atoms with van der Waals surface area (Å²) in [5.74, 6) is 0. The Kier molecular flexibility index (Phi) is 26.1. The first-order valence-electron chi connectivity index (χ1n) is 4.40. The second-order valence-electron chi connectivity index (χ2n) is 2.82. The maximum atomic E-state index is 2.63. The lowest BCUT2D eigenvalue weighted by Gasteiger charge is -1.82. The molecule has 0 saturated heterocycles. The Hall–Kier alpha value is 0.460. The zero-order valence-corrected chi connectivity index (χ0v) is 15.1. The fourth-order valence-corrected chi connectivity index (χ4v) is 1.35. The van der Waals surface area contributed by atoms with Gasteiger partial charge >= 0.3 is 0 Å². The van der Waals surface area contributed by atoms with Crippen molar-refractivity contribution in [3.8, 4) is 0 Å². The Morgan fingerprint density at radius 3 is 0.778 bits per heavy atom. The molecule has 0 spiro atoms. The maximum absolute atomic E-state index is 2.63. The molecule has 0 bridgehead atoms. The molecule has 2 unspecified atom stereocenters. The number of rotatable bonds is 0. The van der Waals surface area contributed by atoms with E-state index in [0.717, 1.165) is 0 Å². The van der Waals surface area contributed by atoms with Gasteiger partial charge in [0, 0.05) is 0 Å². The molecule has 0 heterocycles. The quantitative estimate of drug-likeness (QED) is 0.617. The zero-order chi connectivity index (χ0) is 10.2. The van der Waals surface area contributed by atoms with Crippen molar-refractivity contribution in [3.63, 3.8) is 0 Å². The Morgan fingerprint density at radius 2 is 0.667 bits per heavy atom. The fraction of sp³-hybridized carbons (Fsp3) is 0. The summed E-state index contributed by atoms with van der Waals surface area (Å²) in [6.07, 6.45) is 0. The number of benzene rings is 2. The summed E-state index contributed by atoms with van der Waals surface area (Å²) >= 11 is 0. The molecule has 0 aliphatic rings. The van der Waals surface area contributed by atoms with Crippen molar-refractivity contribution < 1.29 is 0 Å². The highest BCUT2D eigenvalue weighted by Gasteiger charge is 1.72. The summed E-state index contributed by atoms with van der Waals surface area (Å²) in [5.41, 5.74) is 0. The predicted octanol–water partition coefficient (Wildman–Crippen LogP) is 4.06. The summed E-state index contributed by atoms with van der Waals surface area (Å²) in [6.45, 7) is 0. The first-order valence-corrected chi connectivity index (χ1v) is 5.55. The van der Waals surface area contributed by atoms with Crippen LogP contribution in [-0.4, -0.2) is 0 Å². The number of halogens is 4. The first-order chi connectivity index (χ1) is 6.79. The maximum Gasteiger partial charge on any atom is -0.0303 e. The van der Waals surface area contributed by atoms with Crippen LogP contribution in [0.5, 0.6) is 0 Å². The van der Waals surface area contributed by atoms with Gasteiger partial charge in [0.25, 0.3) is 0 Å². The van der Waals surface area contributed by atoms with E-state index in [2.05, 4.69) is 18.5 Å². The van der Waals surface area contributed by atoms with Crippen molar-refractivity contribution >= 4 is 78.7 Å². The largest absolute Gasteiger partial charge is 0.147 e. The van der Waals surface area contributed by atoms with E-state index in [-0.39, 0.29) is 49.6 Å². The predicted molar refractivity (Wildman–Crippen MR) is 101 cm³/mol. The van der Waals surface area contributed by atoms with E-state index >= 15 is 0 Å². The van der Waals surface area contributed by atoms with Crippen LogP contribution in [0.25, 0.3) is 0 Å². The van der Waals surface area contributed by atoms with Gasteiger partial charge in [-0.3, -0.25) is 0 Å². The molecule has 2 rings (SSSR count). The van der Waals surface area contributed by atoms with Crippen molar-refractivity contribution in [1.29, 1.82) is 0 Å². The summed E-state index contributed by atoms with van der Waals surface area (Å²) in [6, 6.07) is 20.3. The number of hydrogen-bond acceptors (Lipinski definition) is 0. The highest BCUT2D eigenvalue weighted by molar-refractivity contribution is 7.27. The molecule has 0 fully saturated rings. The third kappa shape index (κ3) is 14.5. The third-order valence-corrected chi connectivity index (χ3v) is 2.37. The molecular weight excluding hydrogens is 348 g/mol. The molecule has 0 aromatic heterocycles. The Labute approximate surface area is 139 Å². The molecule has 0 amide bonds.